The Bertz CT molecular complexity index is 369. The zero-order chi connectivity index (χ0) is 14.1. The molecule has 0 aromatic heterocycles. The molecule has 1 aromatic carbocycles. The van der Waals surface area contributed by atoms with Crippen molar-refractivity contribution < 1.29 is 14.6 Å². The second-order valence-electron chi connectivity index (χ2n) is 4.19. The monoisotopic (exact) mass is 273 g/mol. The highest BCUT2D eigenvalue weighted by Gasteiger charge is 2.11. The van der Waals surface area contributed by atoms with Crippen molar-refractivity contribution >= 4 is 17.7 Å². The summed E-state index contributed by atoms with van der Waals surface area (Å²) in [5, 5.41) is 10.4. The van der Waals surface area contributed by atoms with E-state index in [1.54, 1.807) is 6.07 Å². The van der Waals surface area contributed by atoms with Crippen LogP contribution in [0.25, 0.3) is 0 Å². The van der Waals surface area contributed by atoms with Crippen LogP contribution in [0.2, 0.25) is 5.02 Å². The molecular weight excluding hydrogens is 254 g/mol. The molecule has 18 heavy (non-hydrogen) atoms. The van der Waals surface area contributed by atoms with Crippen molar-refractivity contribution in [2.75, 3.05) is 7.11 Å². The zero-order valence-electron chi connectivity index (χ0n) is 10.9. The maximum absolute atomic E-state index is 9.79. The Morgan fingerprint density at radius 2 is 1.94 bits per heavy atom. The Hall–Kier alpha value is -1.26. The van der Waals surface area contributed by atoms with Gasteiger partial charge >= 0.3 is 6.09 Å². The minimum atomic E-state index is -0.745. The second-order valence-corrected chi connectivity index (χ2v) is 4.60. The number of nitrogens with two attached hydrogens (primary N) is 1. The van der Waals surface area contributed by atoms with Gasteiger partial charge in [-0.3, -0.25) is 0 Å². The zero-order valence-corrected chi connectivity index (χ0v) is 11.6. The van der Waals surface area contributed by atoms with E-state index in [1.165, 1.54) is 7.11 Å². The molecule has 0 bridgehead atoms. The van der Waals surface area contributed by atoms with Gasteiger partial charge in [0.1, 0.15) is 0 Å². The smallest absolute Gasteiger partial charge is 0.404 e. The standard InChI is InChI=1S/C11H15ClO.C2H5NO2/c1-8(2)7-11(13)9-5-3-4-6-10(9)12;1-5-2(3)4/h3-6,8,11,13H,7H2,1-2H3;1H3,(H2,3,4). The molecule has 0 saturated heterocycles. The maximum Gasteiger partial charge on any atom is 0.404 e. The Kier molecular flexibility index (Phi) is 8.16. The van der Waals surface area contributed by atoms with Gasteiger partial charge < -0.3 is 15.6 Å². The number of aliphatic hydroxyl groups excluding tert-OH is 1. The number of carbonyl (C=O) groups is 1. The minimum absolute atomic E-state index is 0.436. The molecule has 0 aliphatic rings. The van der Waals surface area contributed by atoms with Crippen LogP contribution in [-0.2, 0) is 4.74 Å². The first-order valence-electron chi connectivity index (χ1n) is 5.64. The first kappa shape index (κ1) is 16.7. The Morgan fingerprint density at radius 3 is 2.33 bits per heavy atom. The van der Waals surface area contributed by atoms with Crippen molar-refractivity contribution in [1.82, 2.24) is 0 Å². The van der Waals surface area contributed by atoms with Crippen molar-refractivity contribution in [1.29, 1.82) is 0 Å². The van der Waals surface area contributed by atoms with Crippen LogP contribution in [0.1, 0.15) is 31.9 Å². The molecule has 1 aromatic rings. The van der Waals surface area contributed by atoms with Crippen LogP contribution in [-0.4, -0.2) is 18.3 Å². The van der Waals surface area contributed by atoms with E-state index >= 15 is 0 Å². The molecule has 4 nitrogen and oxygen atoms in total. The third-order valence-corrected chi connectivity index (χ3v) is 2.50. The van der Waals surface area contributed by atoms with Crippen LogP contribution in [0.3, 0.4) is 0 Å². The minimum Gasteiger partial charge on any atom is -0.453 e. The molecule has 0 fully saturated rings. The Labute approximate surface area is 113 Å². The molecular formula is C13H20ClNO3. The lowest BCUT2D eigenvalue weighted by Crippen LogP contribution is -2.08. The number of hydrogen-bond acceptors (Lipinski definition) is 3. The lowest BCUT2D eigenvalue weighted by Gasteiger charge is -2.14. The van der Waals surface area contributed by atoms with Crippen LogP contribution in [0.4, 0.5) is 4.79 Å². The van der Waals surface area contributed by atoms with E-state index in [4.69, 9.17) is 11.6 Å². The van der Waals surface area contributed by atoms with Gasteiger partial charge in [0, 0.05) is 5.02 Å². The number of halogens is 1. The molecule has 1 unspecified atom stereocenters. The molecule has 102 valence electrons. The highest BCUT2D eigenvalue weighted by atomic mass is 35.5. The molecule has 5 heteroatoms. The molecule has 1 atom stereocenters. The van der Waals surface area contributed by atoms with Gasteiger partial charge in [0.15, 0.2) is 0 Å². The van der Waals surface area contributed by atoms with E-state index in [0.29, 0.717) is 10.9 Å². The van der Waals surface area contributed by atoms with Gasteiger partial charge in [-0.1, -0.05) is 43.6 Å². The van der Waals surface area contributed by atoms with Crippen LogP contribution in [0, 0.1) is 5.92 Å². The van der Waals surface area contributed by atoms with Gasteiger partial charge in [-0.2, -0.15) is 0 Å². The predicted octanol–water partition coefficient (Wildman–Crippen LogP) is 3.13. The van der Waals surface area contributed by atoms with Crippen LogP contribution < -0.4 is 5.73 Å². The summed E-state index contributed by atoms with van der Waals surface area (Å²) in [7, 11) is 1.22. The average molecular weight is 274 g/mol. The molecule has 0 radical (unpaired) electrons. The van der Waals surface area contributed by atoms with E-state index in [9.17, 15) is 9.90 Å². The first-order chi connectivity index (χ1) is 8.38. The van der Waals surface area contributed by atoms with Gasteiger partial charge in [0.05, 0.1) is 13.2 Å². The van der Waals surface area contributed by atoms with Crippen LogP contribution in [0.15, 0.2) is 24.3 Å². The van der Waals surface area contributed by atoms with E-state index in [1.807, 2.05) is 18.2 Å². The maximum atomic E-state index is 9.79. The fraction of sp³-hybridized carbons (Fsp3) is 0.462. The summed E-state index contributed by atoms with van der Waals surface area (Å²) in [6.07, 6.45) is -0.428. The highest BCUT2D eigenvalue weighted by molar-refractivity contribution is 6.31. The third kappa shape index (κ3) is 7.14. The van der Waals surface area contributed by atoms with E-state index in [0.717, 1.165) is 12.0 Å². The number of aliphatic hydroxyl groups is 1. The highest BCUT2D eigenvalue weighted by Crippen LogP contribution is 2.26. The van der Waals surface area contributed by atoms with E-state index < -0.39 is 12.2 Å². The fourth-order valence-electron chi connectivity index (χ4n) is 1.32. The number of benzene rings is 1. The molecule has 0 aliphatic heterocycles. The van der Waals surface area contributed by atoms with Crippen molar-refractivity contribution in [2.45, 2.75) is 26.4 Å². The van der Waals surface area contributed by atoms with Crippen molar-refractivity contribution in [3.8, 4) is 0 Å². The first-order valence-corrected chi connectivity index (χ1v) is 6.02. The fourth-order valence-corrected chi connectivity index (χ4v) is 1.58. The number of methoxy groups -OCH3 is 1. The molecule has 0 spiro atoms. The molecule has 1 rings (SSSR count). The normalized spacial score (nSPS) is 11.4. The van der Waals surface area contributed by atoms with Gasteiger partial charge in [0.25, 0.3) is 0 Å². The summed E-state index contributed by atoms with van der Waals surface area (Å²) in [5.41, 5.74) is 5.26. The SMILES string of the molecule is CC(C)CC(O)c1ccccc1Cl.COC(N)=O. The topological polar surface area (TPSA) is 72.6 Å². The number of amides is 1. The lowest BCUT2D eigenvalue weighted by molar-refractivity contribution is 0.151. The molecule has 3 N–H and O–H groups in total. The predicted molar refractivity (Wildman–Crippen MR) is 72.5 cm³/mol. The van der Waals surface area contributed by atoms with Gasteiger partial charge in [-0.05, 0) is 24.0 Å². The summed E-state index contributed by atoms with van der Waals surface area (Å²) in [6.45, 7) is 4.17. The van der Waals surface area contributed by atoms with Gasteiger partial charge in [0.2, 0.25) is 0 Å². The number of rotatable bonds is 3. The second kappa shape index (κ2) is 8.78. The molecule has 0 heterocycles. The van der Waals surface area contributed by atoms with Crippen molar-refractivity contribution in [3.63, 3.8) is 0 Å². The number of carbonyl (C=O) groups excluding carboxylic acids is 1. The van der Waals surface area contributed by atoms with E-state index in [-0.39, 0.29) is 0 Å². The van der Waals surface area contributed by atoms with Gasteiger partial charge in [-0.15, -0.1) is 0 Å². The molecule has 0 saturated carbocycles. The summed E-state index contributed by atoms with van der Waals surface area (Å²) < 4.78 is 3.89. The average Bonchev–Trinajstić information content (AvgIpc) is 2.29. The number of ether oxygens (including phenoxy) is 1. The Balaban J connectivity index is 0.000000494. The van der Waals surface area contributed by atoms with Gasteiger partial charge in [-0.25, -0.2) is 4.79 Å². The van der Waals surface area contributed by atoms with Crippen LogP contribution >= 0.6 is 11.6 Å². The largest absolute Gasteiger partial charge is 0.453 e. The quantitative estimate of drug-likeness (QED) is 0.889. The summed E-state index contributed by atoms with van der Waals surface area (Å²) >= 11 is 5.94. The summed E-state index contributed by atoms with van der Waals surface area (Å²) in [6, 6.07) is 7.44. The Morgan fingerprint density at radius 1 is 1.44 bits per heavy atom. The number of hydrogen-bond donors (Lipinski definition) is 2. The molecule has 0 aliphatic carbocycles. The lowest BCUT2D eigenvalue weighted by atomic mass is 10.00. The number of primary amides is 1. The van der Waals surface area contributed by atoms with Crippen molar-refractivity contribution in [2.24, 2.45) is 11.7 Å². The van der Waals surface area contributed by atoms with Crippen LogP contribution in [0.5, 0.6) is 0 Å². The third-order valence-electron chi connectivity index (χ3n) is 2.16. The summed E-state index contributed by atoms with van der Waals surface area (Å²) in [5.74, 6) is 0.478. The summed E-state index contributed by atoms with van der Waals surface area (Å²) in [4.78, 5) is 9.37. The van der Waals surface area contributed by atoms with Crippen molar-refractivity contribution in [3.05, 3.63) is 34.9 Å². The van der Waals surface area contributed by atoms with E-state index in [2.05, 4.69) is 24.3 Å². The molecule has 1 amide bonds.